The van der Waals surface area contributed by atoms with Crippen molar-refractivity contribution in [2.24, 2.45) is 11.7 Å². The van der Waals surface area contributed by atoms with Crippen molar-refractivity contribution in [1.82, 2.24) is 5.32 Å². The third-order valence-corrected chi connectivity index (χ3v) is 3.49. The SMILES string of the molecule is NC1C2CCOC2C1NC(=O)c1ccco1. The second-order valence-electron chi connectivity index (χ2n) is 4.34. The molecule has 1 saturated carbocycles. The van der Waals surface area contributed by atoms with Crippen molar-refractivity contribution < 1.29 is 13.9 Å². The average molecular weight is 222 g/mol. The summed E-state index contributed by atoms with van der Waals surface area (Å²) in [6.07, 6.45) is 2.57. The highest BCUT2D eigenvalue weighted by atomic mass is 16.5. The summed E-state index contributed by atoms with van der Waals surface area (Å²) in [6.45, 7) is 0.746. The first-order valence-corrected chi connectivity index (χ1v) is 5.49. The summed E-state index contributed by atoms with van der Waals surface area (Å²) >= 11 is 0. The number of furan rings is 1. The maximum absolute atomic E-state index is 11.7. The molecule has 1 aliphatic carbocycles. The average Bonchev–Trinajstić information content (AvgIpc) is 2.94. The summed E-state index contributed by atoms with van der Waals surface area (Å²) in [5.41, 5.74) is 5.98. The maximum atomic E-state index is 11.7. The van der Waals surface area contributed by atoms with E-state index in [1.54, 1.807) is 12.1 Å². The van der Waals surface area contributed by atoms with Crippen LogP contribution in [0.2, 0.25) is 0 Å². The summed E-state index contributed by atoms with van der Waals surface area (Å²) in [4.78, 5) is 11.7. The Morgan fingerprint density at radius 1 is 1.56 bits per heavy atom. The first kappa shape index (κ1) is 9.86. The van der Waals surface area contributed by atoms with E-state index in [4.69, 9.17) is 14.9 Å². The highest BCUT2D eigenvalue weighted by Gasteiger charge is 2.52. The van der Waals surface area contributed by atoms with Crippen LogP contribution in [0, 0.1) is 5.92 Å². The fourth-order valence-corrected chi connectivity index (χ4v) is 2.56. The third-order valence-electron chi connectivity index (χ3n) is 3.49. The zero-order chi connectivity index (χ0) is 11.1. The van der Waals surface area contributed by atoms with Crippen LogP contribution < -0.4 is 11.1 Å². The van der Waals surface area contributed by atoms with Gasteiger partial charge in [0.05, 0.1) is 18.4 Å². The number of carbonyl (C=O) groups excluding carboxylic acids is 1. The Balaban J connectivity index is 1.65. The summed E-state index contributed by atoms with van der Waals surface area (Å²) in [5.74, 6) is 0.495. The van der Waals surface area contributed by atoms with Gasteiger partial charge in [0.2, 0.25) is 0 Å². The highest BCUT2D eigenvalue weighted by Crippen LogP contribution is 2.37. The summed E-state index contributed by atoms with van der Waals surface area (Å²) in [5, 5.41) is 2.86. The lowest BCUT2D eigenvalue weighted by molar-refractivity contribution is -0.0164. The van der Waals surface area contributed by atoms with Crippen LogP contribution in [0.1, 0.15) is 17.0 Å². The molecule has 5 heteroatoms. The van der Waals surface area contributed by atoms with Gasteiger partial charge in [-0.25, -0.2) is 0 Å². The van der Waals surface area contributed by atoms with Crippen LogP contribution in [0.3, 0.4) is 0 Å². The monoisotopic (exact) mass is 222 g/mol. The van der Waals surface area contributed by atoms with Gasteiger partial charge in [-0.05, 0) is 18.6 Å². The Labute approximate surface area is 92.9 Å². The molecule has 0 spiro atoms. The number of amides is 1. The molecule has 16 heavy (non-hydrogen) atoms. The third kappa shape index (κ3) is 1.36. The van der Waals surface area contributed by atoms with Gasteiger partial charge in [0.15, 0.2) is 5.76 Å². The van der Waals surface area contributed by atoms with Gasteiger partial charge in [-0.1, -0.05) is 0 Å². The predicted octanol–water partition coefficient (Wildman–Crippen LogP) is 0.124. The minimum absolute atomic E-state index is 0.00594. The van der Waals surface area contributed by atoms with E-state index in [2.05, 4.69) is 5.32 Å². The molecule has 5 nitrogen and oxygen atoms in total. The van der Waals surface area contributed by atoms with Gasteiger partial charge in [0.25, 0.3) is 5.91 Å². The lowest BCUT2D eigenvalue weighted by Gasteiger charge is -2.45. The van der Waals surface area contributed by atoms with E-state index >= 15 is 0 Å². The number of carbonyl (C=O) groups is 1. The Morgan fingerprint density at radius 3 is 3.19 bits per heavy atom. The van der Waals surface area contributed by atoms with E-state index in [0.717, 1.165) is 13.0 Å². The molecule has 2 heterocycles. The zero-order valence-corrected chi connectivity index (χ0v) is 8.76. The molecule has 1 aromatic heterocycles. The van der Waals surface area contributed by atoms with Crippen molar-refractivity contribution in [3.63, 3.8) is 0 Å². The molecule has 3 N–H and O–H groups in total. The van der Waals surface area contributed by atoms with Gasteiger partial charge < -0.3 is 20.2 Å². The van der Waals surface area contributed by atoms with Crippen molar-refractivity contribution in [3.05, 3.63) is 24.2 Å². The van der Waals surface area contributed by atoms with E-state index in [9.17, 15) is 4.79 Å². The largest absolute Gasteiger partial charge is 0.459 e. The summed E-state index contributed by atoms with van der Waals surface area (Å²) in [7, 11) is 0. The molecule has 3 rings (SSSR count). The van der Waals surface area contributed by atoms with Crippen molar-refractivity contribution in [2.75, 3.05) is 6.61 Å². The first-order valence-electron chi connectivity index (χ1n) is 5.49. The lowest BCUT2D eigenvalue weighted by Crippen LogP contribution is -2.68. The molecule has 2 aliphatic rings. The Hall–Kier alpha value is -1.33. The molecule has 86 valence electrons. The molecule has 0 bridgehead atoms. The molecule has 4 atom stereocenters. The minimum Gasteiger partial charge on any atom is -0.459 e. The molecule has 1 aliphatic heterocycles. The first-order chi connectivity index (χ1) is 7.77. The molecular weight excluding hydrogens is 208 g/mol. The molecule has 2 fully saturated rings. The van der Waals surface area contributed by atoms with Crippen LogP contribution >= 0.6 is 0 Å². The molecule has 0 radical (unpaired) electrons. The van der Waals surface area contributed by atoms with Crippen LogP contribution in [0.5, 0.6) is 0 Å². The fourth-order valence-electron chi connectivity index (χ4n) is 2.56. The van der Waals surface area contributed by atoms with Crippen LogP contribution in [0.4, 0.5) is 0 Å². The van der Waals surface area contributed by atoms with E-state index in [1.165, 1.54) is 6.26 Å². The second-order valence-corrected chi connectivity index (χ2v) is 4.34. The zero-order valence-electron chi connectivity index (χ0n) is 8.76. The second kappa shape index (κ2) is 3.61. The molecule has 1 aromatic rings. The Bertz CT molecular complexity index is 390. The number of hydrogen-bond acceptors (Lipinski definition) is 4. The molecular formula is C11H14N2O3. The van der Waals surface area contributed by atoms with E-state index in [1.807, 2.05) is 0 Å². The van der Waals surface area contributed by atoms with Crippen molar-refractivity contribution in [2.45, 2.75) is 24.6 Å². The normalized spacial score (nSPS) is 36.6. The number of nitrogens with two attached hydrogens (primary N) is 1. The topological polar surface area (TPSA) is 77.5 Å². The van der Waals surface area contributed by atoms with Crippen LogP contribution in [-0.2, 0) is 4.74 Å². The summed E-state index contributed by atoms with van der Waals surface area (Å²) < 4.78 is 10.5. The number of rotatable bonds is 2. The van der Waals surface area contributed by atoms with Gasteiger partial charge >= 0.3 is 0 Å². The van der Waals surface area contributed by atoms with Gasteiger partial charge in [-0.3, -0.25) is 4.79 Å². The predicted molar refractivity (Wildman–Crippen MR) is 55.8 cm³/mol. The van der Waals surface area contributed by atoms with Crippen molar-refractivity contribution >= 4 is 5.91 Å². The summed E-state index contributed by atoms with van der Waals surface area (Å²) in [6, 6.07) is 3.24. The van der Waals surface area contributed by atoms with Crippen molar-refractivity contribution in [1.29, 1.82) is 0 Å². The molecule has 1 saturated heterocycles. The van der Waals surface area contributed by atoms with Crippen LogP contribution in [0.15, 0.2) is 22.8 Å². The smallest absolute Gasteiger partial charge is 0.287 e. The van der Waals surface area contributed by atoms with Crippen molar-refractivity contribution in [3.8, 4) is 0 Å². The fraction of sp³-hybridized carbons (Fsp3) is 0.545. The van der Waals surface area contributed by atoms with Gasteiger partial charge in [0.1, 0.15) is 0 Å². The van der Waals surface area contributed by atoms with Crippen LogP contribution in [-0.4, -0.2) is 30.7 Å². The minimum atomic E-state index is -0.223. The van der Waals surface area contributed by atoms with E-state index in [-0.39, 0.29) is 24.1 Å². The Kier molecular flexibility index (Phi) is 2.22. The molecule has 0 aromatic carbocycles. The van der Waals surface area contributed by atoms with E-state index < -0.39 is 0 Å². The quantitative estimate of drug-likeness (QED) is 0.745. The lowest BCUT2D eigenvalue weighted by atomic mass is 9.72. The van der Waals surface area contributed by atoms with E-state index in [0.29, 0.717) is 11.7 Å². The van der Waals surface area contributed by atoms with Crippen LogP contribution in [0.25, 0.3) is 0 Å². The molecule has 4 unspecified atom stereocenters. The number of hydrogen-bond donors (Lipinski definition) is 2. The number of fused-ring (bicyclic) bond motifs is 1. The number of nitrogens with one attached hydrogen (secondary N) is 1. The Morgan fingerprint density at radius 2 is 2.44 bits per heavy atom. The standard InChI is InChI=1S/C11H14N2O3/c12-8-6-3-5-16-10(6)9(8)13-11(14)7-2-1-4-15-7/h1-2,4,6,8-10H,3,5,12H2,(H,13,14). The number of ether oxygens (including phenoxy) is 1. The highest BCUT2D eigenvalue weighted by molar-refractivity contribution is 5.91. The molecule has 1 amide bonds. The van der Waals surface area contributed by atoms with Gasteiger partial charge in [-0.2, -0.15) is 0 Å². The van der Waals surface area contributed by atoms with Gasteiger partial charge in [-0.15, -0.1) is 0 Å². The van der Waals surface area contributed by atoms with Gasteiger partial charge in [0, 0.05) is 18.6 Å². The maximum Gasteiger partial charge on any atom is 0.287 e.